The van der Waals surface area contributed by atoms with Crippen molar-refractivity contribution >= 4 is 57.7 Å². The minimum Gasteiger partial charge on any atom is -0.466 e. The van der Waals surface area contributed by atoms with Crippen LogP contribution in [0.15, 0.2) is 28.0 Å². The molecule has 2 aliphatic heterocycles. The zero-order valence-corrected chi connectivity index (χ0v) is 22.9. The average Bonchev–Trinajstić information content (AvgIpc) is 3.19. The molecule has 3 aliphatic rings. The van der Waals surface area contributed by atoms with Crippen molar-refractivity contribution in [1.82, 2.24) is 14.3 Å². The number of aryl methyl sites for hydroxylation is 1. The number of esters is 1. The molecule has 2 aromatic rings. The first-order valence-electron chi connectivity index (χ1n) is 13.1. The molecule has 3 fully saturated rings. The third-order valence-corrected chi connectivity index (χ3v) is 8.77. The molecular weight excluding hydrogens is 508 g/mol. The van der Waals surface area contributed by atoms with Gasteiger partial charge < -0.3 is 9.64 Å². The normalized spacial score (nSPS) is 22.3. The minimum atomic E-state index is -0.289. The highest BCUT2D eigenvalue weighted by atomic mass is 32.2. The first kappa shape index (κ1) is 25.9. The van der Waals surface area contributed by atoms with Gasteiger partial charge in [0.2, 0.25) is 0 Å². The zero-order valence-electron chi connectivity index (χ0n) is 21.3. The lowest BCUT2D eigenvalue weighted by atomic mass is 9.94. The summed E-state index contributed by atoms with van der Waals surface area (Å²) in [6.07, 6.45) is 10.2. The van der Waals surface area contributed by atoms with Crippen molar-refractivity contribution in [2.75, 3.05) is 24.6 Å². The molecule has 10 heteroatoms. The molecule has 0 radical (unpaired) electrons. The summed E-state index contributed by atoms with van der Waals surface area (Å²) in [5.41, 5.74) is 1.53. The lowest BCUT2D eigenvalue weighted by molar-refractivity contribution is -0.148. The lowest BCUT2D eigenvalue weighted by Crippen LogP contribution is -2.41. The van der Waals surface area contributed by atoms with E-state index in [1.54, 1.807) is 24.1 Å². The van der Waals surface area contributed by atoms with E-state index in [1.165, 1.54) is 22.6 Å². The highest BCUT2D eigenvalue weighted by Crippen LogP contribution is 2.38. The van der Waals surface area contributed by atoms with E-state index < -0.39 is 0 Å². The number of nitrogens with zero attached hydrogens (tertiary/aromatic N) is 4. The largest absolute Gasteiger partial charge is 0.466 e. The van der Waals surface area contributed by atoms with Gasteiger partial charge in [-0.1, -0.05) is 49.3 Å². The second-order valence-electron chi connectivity index (χ2n) is 9.92. The van der Waals surface area contributed by atoms with Crippen LogP contribution in [-0.4, -0.2) is 56.2 Å². The summed E-state index contributed by atoms with van der Waals surface area (Å²) in [4.78, 5) is 48.9. The van der Waals surface area contributed by atoms with Crippen LogP contribution in [0.1, 0.15) is 63.0 Å². The van der Waals surface area contributed by atoms with E-state index in [0.717, 1.165) is 44.1 Å². The molecule has 1 aliphatic carbocycles. The second kappa shape index (κ2) is 10.9. The van der Waals surface area contributed by atoms with Gasteiger partial charge in [-0.05, 0) is 57.2 Å². The number of aromatic nitrogens is 2. The first-order chi connectivity index (χ1) is 17.9. The Morgan fingerprint density at radius 3 is 2.76 bits per heavy atom. The molecule has 0 aromatic carbocycles. The van der Waals surface area contributed by atoms with Gasteiger partial charge in [-0.3, -0.25) is 23.7 Å². The molecule has 0 spiro atoms. The summed E-state index contributed by atoms with van der Waals surface area (Å²) in [5.74, 6) is -0.153. The van der Waals surface area contributed by atoms with E-state index in [9.17, 15) is 14.4 Å². The molecule has 8 nitrogen and oxygen atoms in total. The third kappa shape index (κ3) is 5.05. The number of carbonyl (C=O) groups excluding carboxylic acids is 2. The maximum absolute atomic E-state index is 13.8. The van der Waals surface area contributed by atoms with Crippen molar-refractivity contribution in [3.8, 4) is 0 Å². The number of thioether (sulfide) groups is 1. The number of piperidine rings is 1. The Kier molecular flexibility index (Phi) is 7.67. The number of hydrogen-bond acceptors (Lipinski definition) is 8. The number of amides is 1. The number of thiocarbonyl (C=S) groups is 1. The van der Waals surface area contributed by atoms with Gasteiger partial charge in [-0.15, -0.1) is 0 Å². The Morgan fingerprint density at radius 1 is 1.22 bits per heavy atom. The van der Waals surface area contributed by atoms with E-state index in [0.29, 0.717) is 46.0 Å². The van der Waals surface area contributed by atoms with Crippen LogP contribution in [0.2, 0.25) is 0 Å². The van der Waals surface area contributed by atoms with Crippen LogP contribution in [0.25, 0.3) is 11.7 Å². The summed E-state index contributed by atoms with van der Waals surface area (Å²) < 4.78 is 7.36. The van der Waals surface area contributed by atoms with Crippen LogP contribution in [0.5, 0.6) is 0 Å². The smallest absolute Gasteiger partial charge is 0.310 e. The van der Waals surface area contributed by atoms with Gasteiger partial charge in [0, 0.05) is 25.3 Å². The average molecular weight is 541 g/mol. The topological polar surface area (TPSA) is 84.2 Å². The number of ether oxygens (including phenoxy) is 1. The molecule has 1 atom stereocenters. The van der Waals surface area contributed by atoms with E-state index in [2.05, 4.69) is 0 Å². The summed E-state index contributed by atoms with van der Waals surface area (Å²) in [7, 11) is 0. The Hall–Kier alpha value is -2.72. The molecule has 2 saturated heterocycles. The molecule has 5 rings (SSSR count). The highest BCUT2D eigenvalue weighted by molar-refractivity contribution is 8.26. The number of fused-ring (bicyclic) bond motifs is 1. The summed E-state index contributed by atoms with van der Waals surface area (Å²) >= 11 is 6.87. The van der Waals surface area contributed by atoms with Gasteiger partial charge in [0.1, 0.15) is 15.8 Å². The van der Waals surface area contributed by atoms with Gasteiger partial charge in [-0.2, -0.15) is 0 Å². The van der Waals surface area contributed by atoms with Crippen LogP contribution in [0.4, 0.5) is 5.82 Å². The highest BCUT2D eigenvalue weighted by Gasteiger charge is 2.38. The molecule has 0 N–H and O–H groups in total. The fraction of sp³-hybridized carbons (Fsp3) is 0.519. The zero-order chi connectivity index (χ0) is 26.1. The molecule has 2 aromatic heterocycles. The Bertz CT molecular complexity index is 1330. The maximum atomic E-state index is 13.8. The molecule has 1 amide bonds. The van der Waals surface area contributed by atoms with Crippen molar-refractivity contribution in [2.45, 2.75) is 64.8 Å². The molecule has 196 valence electrons. The van der Waals surface area contributed by atoms with Crippen molar-refractivity contribution < 1.29 is 14.3 Å². The number of carbonyl (C=O) groups is 2. The predicted molar refractivity (Wildman–Crippen MR) is 150 cm³/mol. The fourth-order valence-electron chi connectivity index (χ4n) is 5.55. The summed E-state index contributed by atoms with van der Waals surface area (Å²) in [5, 5.41) is 0. The molecule has 1 saturated carbocycles. The molecule has 0 bridgehead atoms. The Labute approximate surface area is 226 Å². The summed E-state index contributed by atoms with van der Waals surface area (Å²) in [6.45, 7) is 5.12. The Morgan fingerprint density at radius 2 is 2.00 bits per heavy atom. The van der Waals surface area contributed by atoms with Gasteiger partial charge in [0.25, 0.3) is 11.5 Å². The number of pyridine rings is 1. The predicted octanol–water partition coefficient (Wildman–Crippen LogP) is 4.32. The van der Waals surface area contributed by atoms with Crippen LogP contribution < -0.4 is 10.5 Å². The quantitative estimate of drug-likeness (QED) is 0.315. The van der Waals surface area contributed by atoms with Crippen LogP contribution in [0.3, 0.4) is 0 Å². The second-order valence-corrected chi connectivity index (χ2v) is 11.6. The van der Waals surface area contributed by atoms with E-state index in [4.69, 9.17) is 21.9 Å². The van der Waals surface area contributed by atoms with Crippen molar-refractivity contribution in [2.24, 2.45) is 5.92 Å². The van der Waals surface area contributed by atoms with Crippen molar-refractivity contribution in [3.63, 3.8) is 0 Å². The number of rotatable bonds is 5. The van der Waals surface area contributed by atoms with E-state index in [-0.39, 0.29) is 29.4 Å². The fourth-order valence-corrected chi connectivity index (χ4v) is 6.94. The van der Waals surface area contributed by atoms with Crippen LogP contribution in [0, 0.1) is 12.8 Å². The monoisotopic (exact) mass is 540 g/mol. The molecule has 1 unspecified atom stereocenters. The SMILES string of the molecule is CCOC(=O)C1CCCN(c2nc3c(C)cccn3c(=O)c2/C=C2\SC(=S)N(C3CCCCC3)C2=O)C1. The molecule has 37 heavy (non-hydrogen) atoms. The van der Waals surface area contributed by atoms with Gasteiger partial charge in [-0.25, -0.2) is 4.98 Å². The van der Waals surface area contributed by atoms with Gasteiger partial charge in [0.05, 0.1) is 23.0 Å². The van der Waals surface area contributed by atoms with Gasteiger partial charge >= 0.3 is 5.97 Å². The lowest BCUT2D eigenvalue weighted by Gasteiger charge is -2.33. The maximum Gasteiger partial charge on any atom is 0.310 e. The van der Waals surface area contributed by atoms with E-state index >= 15 is 0 Å². The van der Waals surface area contributed by atoms with Crippen molar-refractivity contribution in [1.29, 1.82) is 0 Å². The van der Waals surface area contributed by atoms with Crippen LogP contribution in [-0.2, 0) is 14.3 Å². The number of anilines is 1. The Balaban J connectivity index is 1.57. The third-order valence-electron chi connectivity index (χ3n) is 7.44. The summed E-state index contributed by atoms with van der Waals surface area (Å²) in [6, 6.07) is 3.85. The first-order valence-corrected chi connectivity index (χ1v) is 14.3. The van der Waals surface area contributed by atoms with Crippen molar-refractivity contribution in [3.05, 3.63) is 44.7 Å². The molecule has 4 heterocycles. The number of hydrogen-bond donors (Lipinski definition) is 0. The van der Waals surface area contributed by atoms with Gasteiger partial charge in [0.15, 0.2) is 0 Å². The minimum absolute atomic E-state index is 0.123. The van der Waals surface area contributed by atoms with E-state index in [1.807, 2.05) is 24.0 Å². The standard InChI is InChI=1S/C27H32N4O4S2/c1-3-35-26(34)18-10-8-13-29(16-18)23-20(24(32)30-14-7-9-17(2)22(30)28-23)15-21-25(33)31(27(36)37-21)19-11-5-4-6-12-19/h7,9,14-15,18-19H,3-6,8,10-13,16H2,1-2H3/b21-15-. The molecular formula is C27H32N4O4S2. The van der Waals surface area contributed by atoms with Crippen LogP contribution >= 0.6 is 24.0 Å².